The van der Waals surface area contributed by atoms with Gasteiger partial charge in [0, 0.05) is 31.7 Å². The summed E-state index contributed by atoms with van der Waals surface area (Å²) in [5.41, 5.74) is 7.31. The number of halogens is 1. The third kappa shape index (κ3) is 6.50. The van der Waals surface area contributed by atoms with Crippen molar-refractivity contribution in [1.82, 2.24) is 10.2 Å². The molecule has 4 nitrogen and oxygen atoms in total. The second kappa shape index (κ2) is 9.91. The third-order valence-corrected chi connectivity index (χ3v) is 4.33. The summed E-state index contributed by atoms with van der Waals surface area (Å²) in [4.78, 5) is 14.6. The first kappa shape index (κ1) is 19.9. The molecule has 5 heteroatoms. The molecule has 1 fully saturated rings. The van der Waals surface area contributed by atoms with E-state index in [1.165, 1.54) is 19.5 Å². The number of benzene rings is 1. The molecular weight excluding hydrogens is 310 g/mol. The highest BCUT2D eigenvalue weighted by Crippen LogP contribution is 2.20. The SMILES string of the molecule is CC1CC(C)CN(CCCNC(=O)c2ccc(CN)cc2)C1.Cl. The first-order valence-electron chi connectivity index (χ1n) is 8.38. The normalized spacial score (nSPS) is 21.5. The van der Waals surface area contributed by atoms with Crippen LogP contribution in [0.1, 0.15) is 42.6 Å². The zero-order valence-electron chi connectivity index (χ0n) is 14.3. The molecule has 1 aliphatic rings. The number of nitrogens with one attached hydrogen (secondary N) is 1. The largest absolute Gasteiger partial charge is 0.352 e. The van der Waals surface area contributed by atoms with Crippen molar-refractivity contribution < 1.29 is 4.79 Å². The Bertz CT molecular complexity index is 468. The number of amides is 1. The molecule has 0 aliphatic carbocycles. The van der Waals surface area contributed by atoms with Gasteiger partial charge >= 0.3 is 0 Å². The summed E-state index contributed by atoms with van der Waals surface area (Å²) in [5.74, 6) is 1.59. The van der Waals surface area contributed by atoms with Crippen LogP contribution in [0.5, 0.6) is 0 Å². The van der Waals surface area contributed by atoms with Crippen LogP contribution in [0.15, 0.2) is 24.3 Å². The average molecular weight is 340 g/mol. The van der Waals surface area contributed by atoms with Crippen molar-refractivity contribution in [3.63, 3.8) is 0 Å². The first-order chi connectivity index (χ1) is 10.6. The van der Waals surface area contributed by atoms with E-state index in [9.17, 15) is 4.79 Å². The van der Waals surface area contributed by atoms with E-state index in [0.29, 0.717) is 12.1 Å². The maximum absolute atomic E-state index is 12.0. The fourth-order valence-electron chi connectivity index (χ4n) is 3.37. The molecule has 0 radical (unpaired) electrons. The van der Waals surface area contributed by atoms with Gasteiger partial charge in [0.25, 0.3) is 5.91 Å². The molecule has 2 rings (SSSR count). The minimum Gasteiger partial charge on any atom is -0.352 e. The smallest absolute Gasteiger partial charge is 0.251 e. The van der Waals surface area contributed by atoms with E-state index in [-0.39, 0.29) is 18.3 Å². The lowest BCUT2D eigenvalue weighted by Gasteiger charge is -2.34. The van der Waals surface area contributed by atoms with Crippen molar-refractivity contribution in [1.29, 1.82) is 0 Å². The van der Waals surface area contributed by atoms with E-state index in [4.69, 9.17) is 5.73 Å². The lowest BCUT2D eigenvalue weighted by Crippen LogP contribution is -2.40. The molecule has 3 N–H and O–H groups in total. The Balaban J connectivity index is 0.00000264. The van der Waals surface area contributed by atoms with Gasteiger partial charge in [-0.1, -0.05) is 26.0 Å². The minimum atomic E-state index is 0. The van der Waals surface area contributed by atoms with Crippen LogP contribution in [0.25, 0.3) is 0 Å². The van der Waals surface area contributed by atoms with E-state index >= 15 is 0 Å². The number of piperidine rings is 1. The highest BCUT2D eigenvalue weighted by molar-refractivity contribution is 5.94. The summed E-state index contributed by atoms with van der Waals surface area (Å²) in [5, 5.41) is 3.00. The molecule has 0 bridgehead atoms. The Morgan fingerprint density at radius 1 is 1.22 bits per heavy atom. The Labute approximate surface area is 146 Å². The maximum Gasteiger partial charge on any atom is 0.251 e. The fourth-order valence-corrected chi connectivity index (χ4v) is 3.37. The van der Waals surface area contributed by atoms with Crippen molar-refractivity contribution >= 4 is 18.3 Å². The summed E-state index contributed by atoms with van der Waals surface area (Å²) in [7, 11) is 0. The minimum absolute atomic E-state index is 0. The molecule has 2 atom stereocenters. The number of nitrogens with zero attached hydrogens (tertiary/aromatic N) is 1. The Morgan fingerprint density at radius 2 is 1.83 bits per heavy atom. The van der Waals surface area contributed by atoms with Gasteiger partial charge in [0.05, 0.1) is 0 Å². The van der Waals surface area contributed by atoms with E-state index in [2.05, 4.69) is 24.1 Å². The molecule has 1 aromatic rings. The van der Waals surface area contributed by atoms with Crippen molar-refractivity contribution in [3.05, 3.63) is 35.4 Å². The van der Waals surface area contributed by atoms with Crippen LogP contribution in [0.3, 0.4) is 0 Å². The van der Waals surface area contributed by atoms with Gasteiger partial charge in [0.1, 0.15) is 0 Å². The zero-order valence-corrected chi connectivity index (χ0v) is 15.1. The molecule has 23 heavy (non-hydrogen) atoms. The third-order valence-electron chi connectivity index (χ3n) is 4.33. The van der Waals surface area contributed by atoms with Crippen molar-refractivity contribution in [3.8, 4) is 0 Å². The highest BCUT2D eigenvalue weighted by atomic mass is 35.5. The van der Waals surface area contributed by atoms with Crippen molar-refractivity contribution in [2.75, 3.05) is 26.2 Å². The zero-order chi connectivity index (χ0) is 15.9. The molecule has 2 unspecified atom stereocenters. The number of carbonyl (C=O) groups excluding carboxylic acids is 1. The summed E-state index contributed by atoms with van der Waals surface area (Å²) in [6.07, 6.45) is 2.35. The lowest BCUT2D eigenvalue weighted by molar-refractivity contribution is 0.0947. The number of hydrogen-bond donors (Lipinski definition) is 2. The Morgan fingerprint density at radius 3 is 2.39 bits per heavy atom. The lowest BCUT2D eigenvalue weighted by atomic mass is 9.92. The molecule has 1 amide bonds. The standard InChI is InChI=1S/C18H29N3O.ClH/c1-14-10-15(2)13-21(12-14)9-3-8-20-18(22)17-6-4-16(11-19)5-7-17;/h4-7,14-15H,3,8-13,19H2,1-2H3,(H,20,22);1H. The number of carbonyl (C=O) groups is 1. The van der Waals surface area contributed by atoms with E-state index in [1.807, 2.05) is 24.3 Å². The van der Waals surface area contributed by atoms with Crippen molar-refractivity contribution in [2.24, 2.45) is 17.6 Å². The summed E-state index contributed by atoms with van der Waals surface area (Å²) in [6.45, 7) is 9.36. The molecule has 1 aromatic carbocycles. The van der Waals surface area contributed by atoms with Crippen LogP contribution >= 0.6 is 12.4 Å². The molecule has 0 spiro atoms. The van der Waals surface area contributed by atoms with Gasteiger partial charge in [-0.15, -0.1) is 12.4 Å². The number of nitrogens with two attached hydrogens (primary N) is 1. The first-order valence-corrected chi connectivity index (χ1v) is 8.38. The summed E-state index contributed by atoms with van der Waals surface area (Å²) < 4.78 is 0. The molecular formula is C18H30ClN3O. The maximum atomic E-state index is 12.0. The molecule has 1 saturated heterocycles. The van der Waals surface area contributed by atoms with E-state index in [0.717, 1.165) is 36.9 Å². The van der Waals surface area contributed by atoms with Crippen LogP contribution in [0.4, 0.5) is 0 Å². The fraction of sp³-hybridized carbons (Fsp3) is 0.611. The average Bonchev–Trinajstić information content (AvgIpc) is 2.50. The van der Waals surface area contributed by atoms with Gasteiger partial charge in [-0.2, -0.15) is 0 Å². The highest BCUT2D eigenvalue weighted by Gasteiger charge is 2.21. The van der Waals surface area contributed by atoms with Gasteiger partial charge < -0.3 is 16.0 Å². The number of rotatable bonds is 6. The number of hydrogen-bond acceptors (Lipinski definition) is 3. The number of likely N-dealkylation sites (tertiary alicyclic amines) is 1. The molecule has 0 saturated carbocycles. The van der Waals surface area contributed by atoms with E-state index in [1.54, 1.807) is 0 Å². The van der Waals surface area contributed by atoms with Crippen LogP contribution < -0.4 is 11.1 Å². The predicted molar refractivity (Wildman–Crippen MR) is 97.9 cm³/mol. The van der Waals surface area contributed by atoms with E-state index < -0.39 is 0 Å². The van der Waals surface area contributed by atoms with Gasteiger partial charge in [-0.25, -0.2) is 0 Å². The molecule has 1 heterocycles. The predicted octanol–water partition coefficient (Wildman–Crippen LogP) is 2.66. The Kier molecular flexibility index (Phi) is 8.59. The van der Waals surface area contributed by atoms with Crippen molar-refractivity contribution in [2.45, 2.75) is 33.2 Å². The van der Waals surface area contributed by atoms with Crippen LogP contribution in [-0.2, 0) is 6.54 Å². The molecule has 130 valence electrons. The molecule has 1 aliphatic heterocycles. The second-order valence-electron chi connectivity index (χ2n) is 6.72. The van der Waals surface area contributed by atoms with Crippen LogP contribution in [0.2, 0.25) is 0 Å². The quantitative estimate of drug-likeness (QED) is 0.783. The monoisotopic (exact) mass is 339 g/mol. The van der Waals surface area contributed by atoms with Crippen LogP contribution in [0, 0.1) is 11.8 Å². The molecule has 0 aromatic heterocycles. The van der Waals surface area contributed by atoms with Gasteiger partial charge in [0.2, 0.25) is 0 Å². The van der Waals surface area contributed by atoms with Gasteiger partial charge in [0.15, 0.2) is 0 Å². The second-order valence-corrected chi connectivity index (χ2v) is 6.72. The summed E-state index contributed by atoms with van der Waals surface area (Å²) >= 11 is 0. The Hall–Kier alpha value is -1.10. The van der Waals surface area contributed by atoms with Gasteiger partial charge in [-0.05, 0) is 48.9 Å². The summed E-state index contributed by atoms with van der Waals surface area (Å²) in [6, 6.07) is 7.49. The van der Waals surface area contributed by atoms with Crippen LogP contribution in [-0.4, -0.2) is 37.0 Å². The van der Waals surface area contributed by atoms with Gasteiger partial charge in [-0.3, -0.25) is 4.79 Å². The topological polar surface area (TPSA) is 58.4 Å².